The Bertz CT molecular complexity index is 661. The Labute approximate surface area is 125 Å². The first kappa shape index (κ1) is 15.3. The van der Waals surface area contributed by atoms with E-state index in [1.807, 2.05) is 23.6 Å². The largest absolute Gasteiger partial charge is 0.298 e. The molecule has 1 unspecified atom stereocenters. The number of rotatable bonds is 6. The van der Waals surface area contributed by atoms with Gasteiger partial charge in [-0.25, -0.2) is 8.78 Å². The van der Waals surface area contributed by atoms with Gasteiger partial charge in [0.05, 0.1) is 6.07 Å². The predicted molar refractivity (Wildman–Crippen MR) is 77.0 cm³/mol. The van der Waals surface area contributed by atoms with E-state index in [1.165, 1.54) is 4.88 Å². The number of aryl methyl sites for hydroxylation is 1. The molecule has 0 spiro atoms. The number of halogens is 2. The molecule has 1 heterocycles. The molecule has 1 aromatic heterocycles. The van der Waals surface area contributed by atoms with E-state index in [9.17, 15) is 13.6 Å². The lowest BCUT2D eigenvalue weighted by molar-refractivity contribution is -0.119. The lowest BCUT2D eigenvalue weighted by atomic mass is 9.92. The summed E-state index contributed by atoms with van der Waals surface area (Å²) in [4.78, 5) is 13.2. The first-order valence-corrected chi connectivity index (χ1v) is 7.39. The summed E-state index contributed by atoms with van der Waals surface area (Å²) in [7, 11) is 0. The van der Waals surface area contributed by atoms with Gasteiger partial charge in [0.2, 0.25) is 0 Å². The number of benzene rings is 1. The minimum atomic E-state index is -1.17. The normalized spacial score (nSPS) is 11.9. The van der Waals surface area contributed by atoms with Crippen LogP contribution in [0.15, 0.2) is 35.7 Å². The monoisotopic (exact) mass is 305 g/mol. The summed E-state index contributed by atoms with van der Waals surface area (Å²) in [6.45, 7) is 0. The van der Waals surface area contributed by atoms with Gasteiger partial charge in [-0.1, -0.05) is 12.1 Å². The summed E-state index contributed by atoms with van der Waals surface area (Å²) in [5.74, 6) is -3.08. The molecular formula is C16H13F2NOS. The molecule has 21 heavy (non-hydrogen) atoms. The SMILES string of the molecule is N#CC(C(=O)CCCc1cccs1)c1ccc(F)cc1F. The number of hydrogen-bond acceptors (Lipinski definition) is 3. The quantitative estimate of drug-likeness (QED) is 0.801. The standard InChI is InChI=1S/C16H13F2NOS/c17-11-6-7-13(15(18)9-11)14(10-19)16(20)5-1-3-12-4-2-8-21-12/h2,4,6-9,14H,1,3,5H2. The summed E-state index contributed by atoms with van der Waals surface area (Å²) in [6, 6.07) is 8.65. The molecule has 0 N–H and O–H groups in total. The predicted octanol–water partition coefficient (Wildman–Crippen LogP) is 4.23. The molecule has 1 aromatic carbocycles. The minimum Gasteiger partial charge on any atom is -0.298 e. The van der Waals surface area contributed by atoms with Crippen LogP contribution in [0.1, 0.15) is 29.2 Å². The average Bonchev–Trinajstić information content (AvgIpc) is 2.95. The summed E-state index contributed by atoms with van der Waals surface area (Å²) < 4.78 is 26.5. The number of hydrogen-bond donors (Lipinski definition) is 0. The van der Waals surface area contributed by atoms with E-state index in [4.69, 9.17) is 5.26 Å². The van der Waals surface area contributed by atoms with Crippen molar-refractivity contribution in [2.75, 3.05) is 0 Å². The maximum Gasteiger partial charge on any atom is 0.154 e. The van der Waals surface area contributed by atoms with Crippen LogP contribution in [-0.2, 0) is 11.2 Å². The van der Waals surface area contributed by atoms with Gasteiger partial charge >= 0.3 is 0 Å². The van der Waals surface area contributed by atoms with E-state index < -0.39 is 17.6 Å². The van der Waals surface area contributed by atoms with E-state index in [0.29, 0.717) is 12.5 Å². The molecule has 108 valence electrons. The zero-order valence-corrected chi connectivity index (χ0v) is 12.0. The van der Waals surface area contributed by atoms with E-state index in [1.54, 1.807) is 11.3 Å². The Morgan fingerprint density at radius 1 is 1.33 bits per heavy atom. The van der Waals surface area contributed by atoms with Crippen LogP contribution in [0.3, 0.4) is 0 Å². The highest BCUT2D eigenvalue weighted by Gasteiger charge is 2.23. The Balaban J connectivity index is 2.00. The van der Waals surface area contributed by atoms with Crippen LogP contribution in [0.25, 0.3) is 0 Å². The lowest BCUT2D eigenvalue weighted by Crippen LogP contribution is -2.12. The fourth-order valence-corrected chi connectivity index (χ4v) is 2.84. The Hall–Kier alpha value is -2.06. The molecule has 2 aromatic rings. The summed E-state index contributed by atoms with van der Waals surface area (Å²) in [5.41, 5.74) is -0.0555. The zero-order valence-electron chi connectivity index (χ0n) is 11.2. The average molecular weight is 305 g/mol. The number of nitriles is 1. The van der Waals surface area contributed by atoms with E-state index in [2.05, 4.69) is 0 Å². The molecule has 0 saturated carbocycles. The van der Waals surface area contributed by atoms with E-state index >= 15 is 0 Å². The number of ketones is 1. The molecule has 0 bridgehead atoms. The second-order valence-corrected chi connectivity index (χ2v) is 5.66. The molecule has 0 aliphatic rings. The van der Waals surface area contributed by atoms with Crippen LogP contribution >= 0.6 is 11.3 Å². The first-order chi connectivity index (χ1) is 10.1. The van der Waals surface area contributed by atoms with Gasteiger partial charge in [-0.15, -0.1) is 11.3 Å². The Morgan fingerprint density at radius 2 is 2.14 bits per heavy atom. The van der Waals surface area contributed by atoms with Crippen molar-refractivity contribution in [2.24, 2.45) is 0 Å². The van der Waals surface area contributed by atoms with Gasteiger partial charge in [-0.3, -0.25) is 4.79 Å². The number of nitrogens with zero attached hydrogens (tertiary/aromatic N) is 1. The number of carbonyl (C=O) groups is 1. The minimum absolute atomic E-state index is 0.0555. The number of Topliss-reactive ketones (excluding diaryl/α,β-unsaturated/α-hetero) is 1. The van der Waals surface area contributed by atoms with Gasteiger partial charge in [0.1, 0.15) is 17.6 Å². The summed E-state index contributed by atoms with van der Waals surface area (Å²) in [6.07, 6.45) is 1.57. The van der Waals surface area contributed by atoms with Gasteiger partial charge in [0.25, 0.3) is 0 Å². The second-order valence-electron chi connectivity index (χ2n) is 4.63. The van der Waals surface area contributed by atoms with Gasteiger partial charge in [-0.05, 0) is 30.4 Å². The highest BCUT2D eigenvalue weighted by molar-refractivity contribution is 7.09. The molecule has 0 fully saturated rings. The van der Waals surface area contributed by atoms with Crippen LogP contribution in [0, 0.1) is 23.0 Å². The highest BCUT2D eigenvalue weighted by Crippen LogP contribution is 2.23. The molecule has 2 nitrogen and oxygen atoms in total. The third-order valence-electron chi connectivity index (χ3n) is 3.15. The second kappa shape index (κ2) is 7.09. The number of carbonyl (C=O) groups excluding carboxylic acids is 1. The molecule has 0 radical (unpaired) electrons. The van der Waals surface area contributed by atoms with Crippen molar-refractivity contribution in [3.8, 4) is 6.07 Å². The molecule has 1 atom stereocenters. The fraction of sp³-hybridized carbons (Fsp3) is 0.250. The molecule has 0 saturated heterocycles. The number of thiophene rings is 1. The van der Waals surface area contributed by atoms with Crippen molar-refractivity contribution in [2.45, 2.75) is 25.2 Å². The van der Waals surface area contributed by atoms with Gasteiger partial charge in [0, 0.05) is 22.9 Å². The molecule has 0 aliphatic heterocycles. The van der Waals surface area contributed by atoms with Gasteiger partial charge < -0.3 is 0 Å². The molecule has 0 aliphatic carbocycles. The Kier molecular flexibility index (Phi) is 5.18. The van der Waals surface area contributed by atoms with Crippen molar-refractivity contribution in [1.82, 2.24) is 0 Å². The van der Waals surface area contributed by atoms with Crippen molar-refractivity contribution in [3.63, 3.8) is 0 Å². The molecule has 5 heteroatoms. The highest BCUT2D eigenvalue weighted by atomic mass is 32.1. The topological polar surface area (TPSA) is 40.9 Å². The van der Waals surface area contributed by atoms with Gasteiger partial charge in [0.15, 0.2) is 5.78 Å². The van der Waals surface area contributed by atoms with Crippen LogP contribution in [-0.4, -0.2) is 5.78 Å². The summed E-state index contributed by atoms with van der Waals surface area (Å²) in [5, 5.41) is 11.1. The lowest BCUT2D eigenvalue weighted by Gasteiger charge is -2.09. The molecular weight excluding hydrogens is 292 g/mol. The van der Waals surface area contributed by atoms with E-state index in [0.717, 1.165) is 18.6 Å². The maximum atomic E-state index is 13.7. The smallest absolute Gasteiger partial charge is 0.154 e. The molecule has 0 amide bonds. The zero-order chi connectivity index (χ0) is 15.2. The van der Waals surface area contributed by atoms with E-state index in [-0.39, 0.29) is 17.8 Å². The van der Waals surface area contributed by atoms with Crippen LogP contribution in [0.4, 0.5) is 8.78 Å². The Morgan fingerprint density at radius 3 is 2.76 bits per heavy atom. The van der Waals surface area contributed by atoms with Gasteiger partial charge in [-0.2, -0.15) is 5.26 Å². The first-order valence-electron chi connectivity index (χ1n) is 6.51. The van der Waals surface area contributed by atoms with Crippen molar-refractivity contribution < 1.29 is 13.6 Å². The van der Waals surface area contributed by atoms with Crippen molar-refractivity contribution in [3.05, 3.63) is 57.8 Å². The van der Waals surface area contributed by atoms with Crippen molar-refractivity contribution in [1.29, 1.82) is 5.26 Å². The third kappa shape index (κ3) is 3.96. The van der Waals surface area contributed by atoms with Crippen LogP contribution in [0.2, 0.25) is 0 Å². The third-order valence-corrected chi connectivity index (χ3v) is 4.09. The van der Waals surface area contributed by atoms with Crippen LogP contribution < -0.4 is 0 Å². The summed E-state index contributed by atoms with van der Waals surface area (Å²) >= 11 is 1.61. The van der Waals surface area contributed by atoms with Crippen molar-refractivity contribution >= 4 is 17.1 Å². The molecule has 2 rings (SSSR count). The maximum absolute atomic E-state index is 13.7. The van der Waals surface area contributed by atoms with Crippen LogP contribution in [0.5, 0.6) is 0 Å². The fourth-order valence-electron chi connectivity index (χ4n) is 2.09.